The molecule has 0 N–H and O–H groups in total. The Hall–Kier alpha value is -1.77. The Bertz CT molecular complexity index is 918. The number of halogens is 1. The number of nitrogens with zero attached hydrogens (tertiary/aromatic N) is 3. The van der Waals surface area contributed by atoms with Gasteiger partial charge in [-0.1, -0.05) is 22.0 Å². The Morgan fingerprint density at radius 3 is 2.54 bits per heavy atom. The average molecular weight is 436 g/mol. The largest absolute Gasteiger partial charge is 0.306 e. The normalized spacial score (nSPS) is 25.3. The minimum absolute atomic E-state index is 0.00299. The molecule has 2 aliphatic rings. The summed E-state index contributed by atoms with van der Waals surface area (Å²) >= 11 is 3.39. The molecule has 136 valence electrons. The van der Waals surface area contributed by atoms with Gasteiger partial charge in [-0.15, -0.1) is 0 Å². The lowest BCUT2D eigenvalue weighted by molar-refractivity contribution is -0.123. The number of amides is 1. The molecule has 0 radical (unpaired) electrons. The molecule has 0 saturated carbocycles. The van der Waals surface area contributed by atoms with Crippen LogP contribution in [0.2, 0.25) is 0 Å². The van der Waals surface area contributed by atoms with Crippen molar-refractivity contribution in [1.29, 1.82) is 0 Å². The number of carbonyl (C=O) groups is 1. The number of aromatic nitrogens is 1. The van der Waals surface area contributed by atoms with Crippen LogP contribution in [0.1, 0.15) is 5.56 Å². The van der Waals surface area contributed by atoms with E-state index in [0.29, 0.717) is 6.54 Å². The lowest BCUT2D eigenvalue weighted by Crippen LogP contribution is -2.61. The van der Waals surface area contributed by atoms with E-state index in [0.717, 1.165) is 15.7 Å². The number of benzene rings is 1. The van der Waals surface area contributed by atoms with Crippen LogP contribution in [0.5, 0.6) is 0 Å². The zero-order chi connectivity index (χ0) is 18.3. The Morgan fingerprint density at radius 2 is 1.85 bits per heavy atom. The third-order valence-electron chi connectivity index (χ3n) is 4.91. The second-order valence-corrected chi connectivity index (χ2v) is 9.79. The summed E-state index contributed by atoms with van der Waals surface area (Å²) in [5.41, 5.74) is 1.71. The van der Waals surface area contributed by atoms with Gasteiger partial charge in [0.1, 0.15) is 0 Å². The van der Waals surface area contributed by atoms with E-state index in [1.807, 2.05) is 41.3 Å². The van der Waals surface area contributed by atoms with Gasteiger partial charge in [0, 0.05) is 35.1 Å². The first-order valence-electron chi connectivity index (χ1n) is 8.34. The van der Waals surface area contributed by atoms with Crippen molar-refractivity contribution in [3.05, 3.63) is 58.8 Å². The summed E-state index contributed by atoms with van der Waals surface area (Å²) in [4.78, 5) is 20.6. The molecule has 0 spiro atoms. The first-order chi connectivity index (χ1) is 12.4. The highest BCUT2D eigenvalue weighted by Crippen LogP contribution is 2.32. The summed E-state index contributed by atoms with van der Waals surface area (Å²) < 4.78 is 25.6. The summed E-state index contributed by atoms with van der Waals surface area (Å²) in [6, 6.07) is 10.6. The number of piperazine rings is 1. The van der Waals surface area contributed by atoms with E-state index in [9.17, 15) is 13.2 Å². The predicted molar refractivity (Wildman–Crippen MR) is 103 cm³/mol. The molecule has 2 fully saturated rings. The van der Waals surface area contributed by atoms with Crippen molar-refractivity contribution < 1.29 is 13.2 Å². The van der Waals surface area contributed by atoms with Crippen molar-refractivity contribution in [3.63, 3.8) is 0 Å². The second-order valence-electron chi connectivity index (χ2n) is 6.72. The van der Waals surface area contributed by atoms with Gasteiger partial charge < -0.3 is 4.90 Å². The Morgan fingerprint density at radius 1 is 1.12 bits per heavy atom. The molecule has 2 unspecified atom stereocenters. The van der Waals surface area contributed by atoms with Crippen LogP contribution in [-0.2, 0) is 21.2 Å². The number of hydrogen-bond donors (Lipinski definition) is 0. The van der Waals surface area contributed by atoms with Gasteiger partial charge in [0.05, 0.1) is 24.1 Å². The molecule has 2 aliphatic heterocycles. The Labute approximate surface area is 160 Å². The number of hydrogen-bond acceptors (Lipinski definition) is 5. The number of pyridine rings is 1. The van der Waals surface area contributed by atoms with E-state index in [1.54, 1.807) is 17.3 Å². The Kier molecular flexibility index (Phi) is 4.58. The summed E-state index contributed by atoms with van der Waals surface area (Å²) in [5.74, 6) is 0.0101. The number of sulfone groups is 1. The molecule has 2 atom stereocenters. The van der Waals surface area contributed by atoms with Crippen LogP contribution in [-0.4, -0.2) is 54.3 Å². The third-order valence-corrected chi connectivity index (χ3v) is 7.14. The molecule has 3 heterocycles. The maximum absolute atomic E-state index is 12.9. The number of rotatable bonds is 3. The second kappa shape index (κ2) is 6.75. The van der Waals surface area contributed by atoms with Gasteiger partial charge >= 0.3 is 0 Å². The van der Waals surface area contributed by atoms with Crippen LogP contribution in [0.4, 0.5) is 5.69 Å². The van der Waals surface area contributed by atoms with Crippen LogP contribution in [0.25, 0.3) is 0 Å². The molecule has 1 amide bonds. The first-order valence-corrected chi connectivity index (χ1v) is 11.0. The molecular formula is C18H18BrN3O3S. The standard InChI is InChI=1S/C18H18BrN3O3S/c19-14-3-5-15(6-4-14)22-17-12-26(24,25)11-16(17)21(10-18(22)23)9-13-2-1-7-20-8-13/h1-8,16-17H,9-12H2. The minimum atomic E-state index is -3.19. The van der Waals surface area contributed by atoms with Gasteiger partial charge in [-0.2, -0.15) is 0 Å². The average Bonchev–Trinajstić information content (AvgIpc) is 2.92. The highest BCUT2D eigenvalue weighted by molar-refractivity contribution is 9.10. The molecule has 0 aliphatic carbocycles. The fourth-order valence-corrected chi connectivity index (χ4v) is 6.04. The fraction of sp³-hybridized carbons (Fsp3) is 0.333. The summed E-state index contributed by atoms with van der Waals surface area (Å²) in [6.07, 6.45) is 3.45. The molecule has 1 aromatic carbocycles. The van der Waals surface area contributed by atoms with Gasteiger partial charge in [-0.05, 0) is 35.9 Å². The number of fused-ring (bicyclic) bond motifs is 1. The lowest BCUT2D eigenvalue weighted by Gasteiger charge is -2.43. The summed E-state index contributed by atoms with van der Waals surface area (Å²) in [6.45, 7) is 0.714. The fourth-order valence-electron chi connectivity index (χ4n) is 3.79. The van der Waals surface area contributed by atoms with Gasteiger partial charge in [0.25, 0.3) is 0 Å². The molecule has 8 heteroatoms. The monoisotopic (exact) mass is 435 g/mol. The zero-order valence-corrected chi connectivity index (χ0v) is 16.4. The van der Waals surface area contributed by atoms with Crippen molar-refractivity contribution in [1.82, 2.24) is 9.88 Å². The molecule has 26 heavy (non-hydrogen) atoms. The van der Waals surface area contributed by atoms with Gasteiger partial charge in [0.2, 0.25) is 5.91 Å². The van der Waals surface area contributed by atoms with Crippen molar-refractivity contribution in [2.45, 2.75) is 18.6 Å². The zero-order valence-electron chi connectivity index (χ0n) is 14.0. The molecule has 6 nitrogen and oxygen atoms in total. The smallest absolute Gasteiger partial charge is 0.241 e. The molecule has 0 bridgehead atoms. The van der Waals surface area contributed by atoms with Crippen molar-refractivity contribution in [3.8, 4) is 0 Å². The molecule has 4 rings (SSSR count). The number of carbonyl (C=O) groups excluding carboxylic acids is 1. The summed E-state index contributed by atoms with van der Waals surface area (Å²) in [7, 11) is -3.19. The van der Waals surface area contributed by atoms with Crippen LogP contribution in [0, 0.1) is 0 Å². The topological polar surface area (TPSA) is 70.6 Å². The van der Waals surface area contributed by atoms with E-state index in [-0.39, 0.29) is 36.0 Å². The van der Waals surface area contributed by atoms with Crippen LogP contribution < -0.4 is 4.90 Å². The molecular weight excluding hydrogens is 418 g/mol. The van der Waals surface area contributed by atoms with Gasteiger partial charge in [0.15, 0.2) is 9.84 Å². The van der Waals surface area contributed by atoms with E-state index in [4.69, 9.17) is 0 Å². The van der Waals surface area contributed by atoms with Crippen molar-refractivity contribution >= 4 is 37.4 Å². The number of anilines is 1. The van der Waals surface area contributed by atoms with Crippen LogP contribution >= 0.6 is 15.9 Å². The molecule has 2 aromatic rings. The van der Waals surface area contributed by atoms with Gasteiger partial charge in [-0.25, -0.2) is 8.42 Å². The quantitative estimate of drug-likeness (QED) is 0.735. The first kappa shape index (κ1) is 17.6. The molecule has 1 aromatic heterocycles. The highest BCUT2D eigenvalue weighted by atomic mass is 79.9. The third kappa shape index (κ3) is 3.41. The lowest BCUT2D eigenvalue weighted by atomic mass is 10.0. The maximum Gasteiger partial charge on any atom is 0.241 e. The SMILES string of the molecule is O=C1CN(Cc2cccnc2)C2CS(=O)(=O)CC2N1c1ccc(Br)cc1. The minimum Gasteiger partial charge on any atom is -0.306 e. The van der Waals surface area contributed by atoms with E-state index in [2.05, 4.69) is 20.9 Å². The van der Waals surface area contributed by atoms with E-state index in [1.165, 1.54) is 0 Å². The molecule has 2 saturated heterocycles. The maximum atomic E-state index is 12.9. The van der Waals surface area contributed by atoms with Gasteiger partial charge in [-0.3, -0.25) is 14.7 Å². The Balaban J connectivity index is 1.67. The van der Waals surface area contributed by atoms with Crippen molar-refractivity contribution in [2.24, 2.45) is 0 Å². The van der Waals surface area contributed by atoms with Crippen molar-refractivity contribution in [2.75, 3.05) is 23.0 Å². The van der Waals surface area contributed by atoms with E-state index >= 15 is 0 Å². The van der Waals surface area contributed by atoms with E-state index < -0.39 is 9.84 Å². The summed E-state index contributed by atoms with van der Waals surface area (Å²) in [5, 5.41) is 0. The van der Waals surface area contributed by atoms with Crippen LogP contribution in [0.3, 0.4) is 0 Å². The highest BCUT2D eigenvalue weighted by Gasteiger charge is 2.49. The van der Waals surface area contributed by atoms with Crippen LogP contribution in [0.15, 0.2) is 53.3 Å². The predicted octanol–water partition coefficient (Wildman–Crippen LogP) is 1.86.